The summed E-state index contributed by atoms with van der Waals surface area (Å²) in [6.45, 7) is 3.49. The molecule has 82 valence electrons. The molecule has 1 aliphatic rings. The minimum Gasteiger partial charge on any atom is -0.481 e. The Labute approximate surface area is 87.4 Å². The van der Waals surface area contributed by atoms with Gasteiger partial charge in [0.25, 0.3) is 0 Å². The molecule has 0 aromatic carbocycles. The number of carboxylic acids is 1. The Morgan fingerprint density at radius 2 is 2.00 bits per heavy atom. The predicted octanol–water partition coefficient (Wildman–Crippen LogP) is 0.555. The largest absolute Gasteiger partial charge is 0.481 e. The molecule has 0 aromatic rings. The van der Waals surface area contributed by atoms with E-state index in [9.17, 15) is 14.4 Å². The topological polar surface area (TPSA) is 74.7 Å². The highest BCUT2D eigenvalue weighted by Crippen LogP contribution is 2.19. The normalized spacial score (nSPS) is 18.0. The Bertz CT molecular complexity index is 295. The first kappa shape index (κ1) is 11.4. The number of hydrogen-bond donors (Lipinski definition) is 1. The van der Waals surface area contributed by atoms with Gasteiger partial charge in [-0.15, -0.1) is 6.58 Å². The molecule has 1 rings (SSSR count). The van der Waals surface area contributed by atoms with E-state index >= 15 is 0 Å². The zero-order valence-corrected chi connectivity index (χ0v) is 8.31. The highest BCUT2D eigenvalue weighted by Gasteiger charge is 2.35. The molecule has 1 atom stereocenters. The Morgan fingerprint density at radius 3 is 2.40 bits per heavy atom. The molecule has 2 amide bonds. The Hall–Kier alpha value is -1.65. The van der Waals surface area contributed by atoms with Crippen LogP contribution >= 0.6 is 0 Å². The lowest BCUT2D eigenvalue weighted by Crippen LogP contribution is -2.40. The molecule has 0 spiro atoms. The van der Waals surface area contributed by atoms with Gasteiger partial charge in [-0.2, -0.15) is 0 Å². The fourth-order valence-electron chi connectivity index (χ4n) is 1.68. The van der Waals surface area contributed by atoms with E-state index in [2.05, 4.69) is 6.58 Å². The van der Waals surface area contributed by atoms with Crippen LogP contribution in [0.15, 0.2) is 12.7 Å². The summed E-state index contributed by atoms with van der Waals surface area (Å²) in [5.74, 6) is -1.59. The second-order valence-electron chi connectivity index (χ2n) is 3.43. The van der Waals surface area contributed by atoms with Crippen molar-refractivity contribution >= 4 is 17.8 Å². The van der Waals surface area contributed by atoms with Crippen molar-refractivity contribution in [3.63, 3.8) is 0 Å². The van der Waals surface area contributed by atoms with Crippen molar-refractivity contribution in [3.05, 3.63) is 12.7 Å². The number of amides is 2. The van der Waals surface area contributed by atoms with Gasteiger partial charge in [-0.1, -0.05) is 6.08 Å². The molecule has 5 nitrogen and oxygen atoms in total. The van der Waals surface area contributed by atoms with Gasteiger partial charge in [0, 0.05) is 12.8 Å². The van der Waals surface area contributed by atoms with Crippen molar-refractivity contribution in [2.75, 3.05) is 0 Å². The summed E-state index contributed by atoms with van der Waals surface area (Å²) in [7, 11) is 0. The lowest BCUT2D eigenvalue weighted by atomic mass is 10.1. The Morgan fingerprint density at radius 1 is 1.47 bits per heavy atom. The van der Waals surface area contributed by atoms with Gasteiger partial charge in [-0.3, -0.25) is 19.3 Å². The molecule has 0 bridgehead atoms. The summed E-state index contributed by atoms with van der Waals surface area (Å²) in [5.41, 5.74) is 0. The van der Waals surface area contributed by atoms with Crippen LogP contribution in [0.4, 0.5) is 0 Å². The van der Waals surface area contributed by atoms with Crippen LogP contribution in [-0.2, 0) is 14.4 Å². The van der Waals surface area contributed by atoms with Crippen molar-refractivity contribution in [2.45, 2.75) is 31.7 Å². The van der Waals surface area contributed by atoms with Crippen LogP contribution in [0.5, 0.6) is 0 Å². The molecule has 1 heterocycles. The van der Waals surface area contributed by atoms with Crippen molar-refractivity contribution in [2.24, 2.45) is 0 Å². The molecular formula is C10H13NO4. The van der Waals surface area contributed by atoms with Gasteiger partial charge < -0.3 is 5.11 Å². The smallest absolute Gasteiger partial charge is 0.305 e. The first-order valence-corrected chi connectivity index (χ1v) is 4.74. The minimum absolute atomic E-state index is 0.187. The quantitative estimate of drug-likeness (QED) is 0.532. The number of rotatable bonds is 5. The molecule has 0 aromatic heterocycles. The second-order valence-corrected chi connectivity index (χ2v) is 3.43. The number of carboxylic acid groups (broad SMARTS) is 1. The number of nitrogens with zero attached hydrogens (tertiary/aromatic N) is 1. The molecule has 15 heavy (non-hydrogen) atoms. The number of carbonyl (C=O) groups is 3. The zero-order chi connectivity index (χ0) is 11.4. The lowest BCUT2D eigenvalue weighted by Gasteiger charge is -2.23. The fourth-order valence-corrected chi connectivity index (χ4v) is 1.68. The lowest BCUT2D eigenvalue weighted by molar-refractivity contribution is -0.144. The highest BCUT2D eigenvalue weighted by molar-refractivity contribution is 6.02. The fraction of sp³-hybridized carbons (Fsp3) is 0.500. The minimum atomic E-state index is -1.02. The van der Waals surface area contributed by atoms with E-state index in [1.165, 1.54) is 6.08 Å². The van der Waals surface area contributed by atoms with Crippen LogP contribution in [0.1, 0.15) is 25.7 Å². The van der Waals surface area contributed by atoms with Gasteiger partial charge in [-0.05, 0) is 6.42 Å². The third-order valence-corrected chi connectivity index (χ3v) is 2.30. The van der Waals surface area contributed by atoms with Crippen molar-refractivity contribution < 1.29 is 19.5 Å². The number of imide groups is 1. The van der Waals surface area contributed by atoms with Gasteiger partial charge in [0.1, 0.15) is 0 Å². The average Bonchev–Trinajstić information content (AvgIpc) is 2.45. The number of likely N-dealkylation sites (tertiary alicyclic amines) is 1. The summed E-state index contributed by atoms with van der Waals surface area (Å²) < 4.78 is 0. The summed E-state index contributed by atoms with van der Waals surface area (Å²) >= 11 is 0. The van der Waals surface area contributed by atoms with E-state index in [0.717, 1.165) is 4.90 Å². The molecule has 1 aliphatic heterocycles. The number of carbonyl (C=O) groups excluding carboxylic acids is 2. The third kappa shape index (κ3) is 2.65. The molecule has 1 fully saturated rings. The Balaban J connectivity index is 2.77. The van der Waals surface area contributed by atoms with Crippen LogP contribution in [0.25, 0.3) is 0 Å². The van der Waals surface area contributed by atoms with Gasteiger partial charge in [0.2, 0.25) is 11.8 Å². The van der Waals surface area contributed by atoms with E-state index in [0.29, 0.717) is 6.42 Å². The third-order valence-electron chi connectivity index (χ3n) is 2.30. The molecule has 5 heteroatoms. The van der Waals surface area contributed by atoms with Crippen LogP contribution < -0.4 is 0 Å². The van der Waals surface area contributed by atoms with Gasteiger partial charge in [-0.25, -0.2) is 0 Å². The van der Waals surface area contributed by atoms with Gasteiger partial charge in [0.15, 0.2) is 0 Å². The Kier molecular flexibility index (Phi) is 3.60. The van der Waals surface area contributed by atoms with Crippen molar-refractivity contribution in [3.8, 4) is 0 Å². The monoisotopic (exact) mass is 211 g/mol. The molecule has 0 unspecified atom stereocenters. The van der Waals surface area contributed by atoms with Crippen LogP contribution in [0.3, 0.4) is 0 Å². The zero-order valence-electron chi connectivity index (χ0n) is 8.31. The first-order chi connectivity index (χ1) is 7.06. The standard InChI is InChI=1S/C10H13NO4/c1-2-3-7(6-10(14)15)11-8(12)4-5-9(11)13/h2,7H,1,3-6H2,(H,14,15)/t7-/m1/s1. The molecular weight excluding hydrogens is 198 g/mol. The van der Waals surface area contributed by atoms with Gasteiger partial charge >= 0.3 is 5.97 Å². The molecule has 1 N–H and O–H groups in total. The van der Waals surface area contributed by atoms with Crippen LogP contribution in [-0.4, -0.2) is 33.8 Å². The van der Waals surface area contributed by atoms with E-state index in [1.807, 2.05) is 0 Å². The maximum atomic E-state index is 11.4. The highest BCUT2D eigenvalue weighted by atomic mass is 16.4. The van der Waals surface area contributed by atoms with Crippen LogP contribution in [0, 0.1) is 0 Å². The maximum absolute atomic E-state index is 11.4. The van der Waals surface area contributed by atoms with E-state index in [4.69, 9.17) is 5.11 Å². The summed E-state index contributed by atoms with van der Waals surface area (Å²) in [6, 6.07) is -0.581. The van der Waals surface area contributed by atoms with Crippen molar-refractivity contribution in [1.82, 2.24) is 4.90 Å². The van der Waals surface area contributed by atoms with Crippen molar-refractivity contribution in [1.29, 1.82) is 0 Å². The maximum Gasteiger partial charge on any atom is 0.305 e. The second kappa shape index (κ2) is 4.72. The summed E-state index contributed by atoms with van der Waals surface area (Å²) in [6.07, 6.45) is 2.00. The SMILES string of the molecule is C=CC[C@H](CC(=O)O)N1C(=O)CCC1=O. The summed E-state index contributed by atoms with van der Waals surface area (Å²) in [5, 5.41) is 8.66. The molecule has 0 saturated carbocycles. The summed E-state index contributed by atoms with van der Waals surface area (Å²) in [4.78, 5) is 34.4. The van der Waals surface area contributed by atoms with E-state index in [-0.39, 0.29) is 31.1 Å². The van der Waals surface area contributed by atoms with E-state index in [1.54, 1.807) is 0 Å². The molecule has 1 saturated heterocycles. The van der Waals surface area contributed by atoms with Crippen LogP contribution in [0.2, 0.25) is 0 Å². The molecule has 0 radical (unpaired) electrons. The average molecular weight is 211 g/mol. The van der Waals surface area contributed by atoms with E-state index < -0.39 is 12.0 Å². The molecule has 0 aliphatic carbocycles. The van der Waals surface area contributed by atoms with Gasteiger partial charge in [0.05, 0.1) is 12.5 Å². The predicted molar refractivity (Wildman–Crippen MR) is 51.9 cm³/mol. The number of hydrogen-bond acceptors (Lipinski definition) is 3. The number of aliphatic carboxylic acids is 1. The first-order valence-electron chi connectivity index (χ1n) is 4.74.